The van der Waals surface area contributed by atoms with Gasteiger partial charge in [0.25, 0.3) is 0 Å². The molecule has 1 fully saturated rings. The highest BCUT2D eigenvalue weighted by Gasteiger charge is 2.16. The molecule has 1 aromatic heterocycles. The van der Waals surface area contributed by atoms with E-state index < -0.39 is 0 Å². The number of nitrogens with zero attached hydrogens (tertiary/aromatic N) is 4. The summed E-state index contributed by atoms with van der Waals surface area (Å²) in [5.41, 5.74) is 0. The quantitative estimate of drug-likeness (QED) is 0.530. The fourth-order valence-corrected chi connectivity index (χ4v) is 3.48. The van der Waals surface area contributed by atoms with Crippen LogP contribution in [0.2, 0.25) is 5.02 Å². The lowest BCUT2D eigenvalue weighted by Crippen LogP contribution is -2.46. The number of nitrogens with one attached hydrogen (secondary N) is 2. The van der Waals surface area contributed by atoms with Crippen molar-refractivity contribution in [2.24, 2.45) is 12.0 Å². The number of halogens is 1. The van der Waals surface area contributed by atoms with Crippen molar-refractivity contribution in [3.8, 4) is 5.75 Å². The Morgan fingerprint density at radius 2 is 1.97 bits per heavy atom. The Bertz CT molecular complexity index is 798. The summed E-state index contributed by atoms with van der Waals surface area (Å²) in [7, 11) is 1.96. The van der Waals surface area contributed by atoms with Crippen molar-refractivity contribution in [2.45, 2.75) is 64.6 Å². The Labute approximate surface area is 177 Å². The SMILES string of the molecule is Cc1nnc(CN=C(NCC(C)Oc2ccc(Cl)cc2)NC2CCCCC2)n1C. The number of aryl methyl sites for hydroxylation is 1. The first-order chi connectivity index (χ1) is 14.0. The summed E-state index contributed by atoms with van der Waals surface area (Å²) in [6, 6.07) is 7.88. The number of aromatic nitrogens is 3. The Hall–Kier alpha value is -2.28. The average molecular weight is 419 g/mol. The lowest BCUT2D eigenvalue weighted by atomic mass is 9.96. The van der Waals surface area contributed by atoms with Crippen LogP contribution in [0.15, 0.2) is 29.3 Å². The molecule has 1 heterocycles. The molecule has 1 saturated carbocycles. The maximum Gasteiger partial charge on any atom is 0.192 e. The third kappa shape index (κ3) is 6.63. The number of guanidine groups is 1. The second kappa shape index (κ2) is 10.5. The van der Waals surface area contributed by atoms with Gasteiger partial charge in [0.05, 0.1) is 6.54 Å². The monoisotopic (exact) mass is 418 g/mol. The highest BCUT2D eigenvalue weighted by Crippen LogP contribution is 2.18. The molecule has 1 aliphatic rings. The van der Waals surface area contributed by atoms with E-state index in [4.69, 9.17) is 21.3 Å². The maximum absolute atomic E-state index is 5.96. The minimum atomic E-state index is -0.0217. The van der Waals surface area contributed by atoms with Crippen molar-refractivity contribution in [3.05, 3.63) is 40.9 Å². The average Bonchev–Trinajstić information content (AvgIpc) is 3.04. The van der Waals surface area contributed by atoms with E-state index in [-0.39, 0.29) is 6.10 Å². The zero-order valence-corrected chi connectivity index (χ0v) is 18.2. The van der Waals surface area contributed by atoms with E-state index >= 15 is 0 Å². The molecule has 0 radical (unpaired) electrons. The molecule has 8 heteroatoms. The molecule has 2 N–H and O–H groups in total. The van der Waals surface area contributed by atoms with Gasteiger partial charge in [-0.3, -0.25) is 0 Å². The Morgan fingerprint density at radius 1 is 1.24 bits per heavy atom. The van der Waals surface area contributed by atoms with Gasteiger partial charge in [0.1, 0.15) is 24.2 Å². The van der Waals surface area contributed by atoms with Crippen LogP contribution >= 0.6 is 11.6 Å². The van der Waals surface area contributed by atoms with Gasteiger partial charge in [-0.25, -0.2) is 4.99 Å². The molecule has 1 unspecified atom stereocenters. The third-order valence-corrected chi connectivity index (χ3v) is 5.47. The molecule has 0 spiro atoms. The molecule has 1 aliphatic carbocycles. The molecule has 1 aromatic carbocycles. The number of hydrogen-bond acceptors (Lipinski definition) is 4. The van der Waals surface area contributed by atoms with E-state index in [0.29, 0.717) is 24.2 Å². The first kappa shape index (κ1) is 21.4. The molecule has 3 rings (SSSR count). The molecule has 0 saturated heterocycles. The van der Waals surface area contributed by atoms with Crippen LogP contribution in [0.4, 0.5) is 0 Å². The van der Waals surface area contributed by atoms with E-state index in [1.807, 2.05) is 49.7 Å². The summed E-state index contributed by atoms with van der Waals surface area (Å²) >= 11 is 5.94. The van der Waals surface area contributed by atoms with Gasteiger partial charge in [-0.15, -0.1) is 10.2 Å². The number of hydrogen-bond donors (Lipinski definition) is 2. The van der Waals surface area contributed by atoms with E-state index in [2.05, 4.69) is 20.8 Å². The van der Waals surface area contributed by atoms with Crippen LogP contribution < -0.4 is 15.4 Å². The number of aliphatic imine (C=N–C) groups is 1. The van der Waals surface area contributed by atoms with Crippen LogP contribution in [-0.2, 0) is 13.6 Å². The van der Waals surface area contributed by atoms with Gasteiger partial charge in [-0.1, -0.05) is 30.9 Å². The summed E-state index contributed by atoms with van der Waals surface area (Å²) in [6.45, 7) is 5.09. The van der Waals surface area contributed by atoms with E-state index in [9.17, 15) is 0 Å². The molecule has 7 nitrogen and oxygen atoms in total. The van der Waals surface area contributed by atoms with Crippen molar-refractivity contribution in [2.75, 3.05) is 6.54 Å². The van der Waals surface area contributed by atoms with Gasteiger partial charge in [0, 0.05) is 18.1 Å². The van der Waals surface area contributed by atoms with Gasteiger partial charge in [0.2, 0.25) is 0 Å². The van der Waals surface area contributed by atoms with Crippen LogP contribution in [0.1, 0.15) is 50.7 Å². The highest BCUT2D eigenvalue weighted by molar-refractivity contribution is 6.30. The minimum absolute atomic E-state index is 0.0217. The predicted molar refractivity (Wildman–Crippen MR) is 116 cm³/mol. The standard InChI is InChI=1S/C21H31ClN6O/c1-15(29-19-11-9-17(22)10-12-19)13-23-21(25-18-7-5-4-6-8-18)24-14-20-27-26-16(2)28(20)3/h9-12,15,18H,4-8,13-14H2,1-3H3,(H2,23,24,25). The molecule has 0 aliphatic heterocycles. The van der Waals surface area contributed by atoms with Crippen LogP contribution in [-0.4, -0.2) is 39.4 Å². The van der Waals surface area contributed by atoms with E-state index in [1.54, 1.807) is 0 Å². The van der Waals surface area contributed by atoms with E-state index in [0.717, 1.165) is 23.4 Å². The molecule has 2 aromatic rings. The van der Waals surface area contributed by atoms with Crippen molar-refractivity contribution in [1.82, 2.24) is 25.4 Å². The van der Waals surface area contributed by atoms with Crippen LogP contribution in [0.25, 0.3) is 0 Å². The minimum Gasteiger partial charge on any atom is -0.489 e. The molecule has 1 atom stereocenters. The third-order valence-electron chi connectivity index (χ3n) is 5.22. The molecule has 0 bridgehead atoms. The summed E-state index contributed by atoms with van der Waals surface area (Å²) in [5, 5.41) is 16.0. The van der Waals surface area contributed by atoms with Gasteiger partial charge >= 0.3 is 0 Å². The largest absolute Gasteiger partial charge is 0.489 e. The fraction of sp³-hybridized carbons (Fsp3) is 0.571. The van der Waals surface area contributed by atoms with Crippen molar-refractivity contribution < 1.29 is 4.74 Å². The molecule has 29 heavy (non-hydrogen) atoms. The first-order valence-corrected chi connectivity index (χ1v) is 10.7. The molecular weight excluding hydrogens is 388 g/mol. The van der Waals surface area contributed by atoms with Crippen molar-refractivity contribution in [1.29, 1.82) is 0 Å². The number of ether oxygens (including phenoxy) is 1. The second-order valence-corrected chi connectivity index (χ2v) is 8.07. The predicted octanol–water partition coefficient (Wildman–Crippen LogP) is 3.61. The second-order valence-electron chi connectivity index (χ2n) is 7.63. The lowest BCUT2D eigenvalue weighted by Gasteiger charge is -2.26. The summed E-state index contributed by atoms with van der Waals surface area (Å²) in [5.74, 6) is 3.33. The van der Waals surface area contributed by atoms with Gasteiger partial charge in [-0.2, -0.15) is 0 Å². The Kier molecular flexibility index (Phi) is 7.75. The number of rotatable bonds is 7. The summed E-state index contributed by atoms with van der Waals surface area (Å²) in [6.07, 6.45) is 6.20. The highest BCUT2D eigenvalue weighted by atomic mass is 35.5. The smallest absolute Gasteiger partial charge is 0.192 e. The van der Waals surface area contributed by atoms with Crippen molar-refractivity contribution >= 4 is 17.6 Å². The normalized spacial score (nSPS) is 16.5. The number of benzene rings is 1. The van der Waals surface area contributed by atoms with Crippen LogP contribution in [0.5, 0.6) is 5.75 Å². The summed E-state index contributed by atoms with van der Waals surface area (Å²) in [4.78, 5) is 4.75. The van der Waals surface area contributed by atoms with E-state index in [1.165, 1.54) is 32.1 Å². The Balaban J connectivity index is 1.59. The van der Waals surface area contributed by atoms with Crippen LogP contribution in [0, 0.1) is 6.92 Å². The van der Waals surface area contributed by atoms with Gasteiger partial charge < -0.3 is 19.9 Å². The first-order valence-electron chi connectivity index (χ1n) is 10.3. The topological polar surface area (TPSA) is 76.4 Å². The van der Waals surface area contributed by atoms with Crippen LogP contribution in [0.3, 0.4) is 0 Å². The van der Waals surface area contributed by atoms with Gasteiger partial charge in [-0.05, 0) is 51.0 Å². The van der Waals surface area contributed by atoms with Crippen molar-refractivity contribution in [3.63, 3.8) is 0 Å². The zero-order chi connectivity index (χ0) is 20.6. The van der Waals surface area contributed by atoms with Gasteiger partial charge in [0.15, 0.2) is 11.8 Å². The molecule has 0 amide bonds. The Morgan fingerprint density at radius 3 is 2.62 bits per heavy atom. The molecule has 158 valence electrons. The summed E-state index contributed by atoms with van der Waals surface area (Å²) < 4.78 is 7.93. The molecular formula is C21H31ClN6O. The fourth-order valence-electron chi connectivity index (χ4n) is 3.36. The maximum atomic E-state index is 5.96. The zero-order valence-electron chi connectivity index (χ0n) is 17.5. The lowest BCUT2D eigenvalue weighted by molar-refractivity contribution is 0.223.